The van der Waals surface area contributed by atoms with Crippen LogP contribution in [0.3, 0.4) is 0 Å². The summed E-state index contributed by atoms with van der Waals surface area (Å²) in [6.07, 6.45) is 6.54. The lowest BCUT2D eigenvalue weighted by molar-refractivity contribution is 0.160. The van der Waals surface area contributed by atoms with Crippen molar-refractivity contribution in [3.63, 3.8) is 0 Å². The van der Waals surface area contributed by atoms with Gasteiger partial charge in [-0.1, -0.05) is 75.8 Å². The van der Waals surface area contributed by atoms with Crippen LogP contribution in [0.4, 0.5) is 0 Å². The predicted octanol–water partition coefficient (Wildman–Crippen LogP) is 3.99. The third-order valence-electron chi connectivity index (χ3n) is 4.15. The Balaban J connectivity index is 2.42. The third-order valence-corrected chi connectivity index (χ3v) is 5.42. The van der Waals surface area contributed by atoms with Crippen molar-refractivity contribution in [2.24, 2.45) is 0 Å². The Morgan fingerprint density at radius 1 is 1.00 bits per heavy atom. The second kappa shape index (κ2) is 10.8. The van der Waals surface area contributed by atoms with Gasteiger partial charge in [-0.05, 0) is 24.8 Å². The van der Waals surface area contributed by atoms with Crippen molar-refractivity contribution in [1.82, 2.24) is 0 Å². The number of aliphatic hydroxyl groups is 1. The van der Waals surface area contributed by atoms with Crippen LogP contribution in [0.2, 0.25) is 0 Å². The van der Waals surface area contributed by atoms with Gasteiger partial charge in [-0.15, -0.1) is 0 Å². The van der Waals surface area contributed by atoms with Crippen molar-refractivity contribution in [3.05, 3.63) is 35.9 Å². The van der Waals surface area contributed by atoms with Crippen LogP contribution in [-0.4, -0.2) is 29.4 Å². The van der Waals surface area contributed by atoms with Gasteiger partial charge in [-0.2, -0.15) is 8.42 Å². The van der Waals surface area contributed by atoms with Crippen molar-refractivity contribution >= 4 is 10.1 Å². The number of aliphatic hydroxyl groups excluding tert-OH is 1. The van der Waals surface area contributed by atoms with E-state index >= 15 is 0 Å². The zero-order valence-electron chi connectivity index (χ0n) is 14.0. The van der Waals surface area contributed by atoms with E-state index in [1.165, 1.54) is 19.3 Å². The highest BCUT2D eigenvalue weighted by molar-refractivity contribution is 7.86. The molecule has 0 aliphatic heterocycles. The molecule has 0 saturated heterocycles. The maximum Gasteiger partial charge on any atom is 0.267 e. The Bertz CT molecular complexity index is 513. The fraction of sp³-hybridized carbons (Fsp3) is 0.667. The van der Waals surface area contributed by atoms with E-state index in [9.17, 15) is 18.1 Å². The normalized spacial score (nSPS) is 14.6. The largest absolute Gasteiger partial charge is 0.393 e. The van der Waals surface area contributed by atoms with Crippen LogP contribution in [0.15, 0.2) is 30.3 Å². The van der Waals surface area contributed by atoms with Gasteiger partial charge >= 0.3 is 0 Å². The van der Waals surface area contributed by atoms with Crippen LogP contribution in [0.25, 0.3) is 0 Å². The zero-order valence-corrected chi connectivity index (χ0v) is 14.8. The van der Waals surface area contributed by atoms with Gasteiger partial charge in [-0.25, -0.2) is 0 Å². The molecule has 0 aromatic heterocycles. The second-order valence-corrected chi connectivity index (χ2v) is 7.97. The zero-order chi connectivity index (χ0) is 17.1. The third kappa shape index (κ3) is 9.08. The van der Waals surface area contributed by atoms with Gasteiger partial charge in [0.2, 0.25) is 0 Å². The first-order valence-corrected chi connectivity index (χ1v) is 10.1. The van der Waals surface area contributed by atoms with Gasteiger partial charge in [0.1, 0.15) is 0 Å². The second-order valence-electron chi connectivity index (χ2n) is 6.27. The van der Waals surface area contributed by atoms with Gasteiger partial charge in [0.05, 0.1) is 11.4 Å². The summed E-state index contributed by atoms with van der Waals surface area (Å²) in [6.45, 7) is 2.16. The molecule has 0 spiro atoms. The molecule has 2 atom stereocenters. The molecular weight excluding hydrogens is 312 g/mol. The van der Waals surface area contributed by atoms with E-state index in [2.05, 4.69) is 6.92 Å². The molecule has 2 N–H and O–H groups in total. The van der Waals surface area contributed by atoms with Crippen LogP contribution in [0.5, 0.6) is 0 Å². The minimum absolute atomic E-state index is 0.0860. The lowest BCUT2D eigenvalue weighted by atomic mass is 10.0. The Morgan fingerprint density at radius 3 is 2.22 bits per heavy atom. The van der Waals surface area contributed by atoms with Crippen molar-refractivity contribution in [3.8, 4) is 0 Å². The number of rotatable bonds is 12. The molecule has 0 bridgehead atoms. The maximum atomic E-state index is 11.5. The molecule has 1 aromatic rings. The number of hydrogen-bond acceptors (Lipinski definition) is 3. The molecule has 5 heteroatoms. The lowest BCUT2D eigenvalue weighted by Crippen LogP contribution is -2.27. The topological polar surface area (TPSA) is 74.6 Å². The molecule has 0 aliphatic rings. The van der Waals surface area contributed by atoms with E-state index in [1.54, 1.807) is 0 Å². The first kappa shape index (κ1) is 20.1. The quantitative estimate of drug-likeness (QED) is 0.445. The first-order valence-electron chi connectivity index (χ1n) is 8.61. The summed E-state index contributed by atoms with van der Waals surface area (Å²) < 4.78 is 32.5. The Kier molecular flexibility index (Phi) is 9.44. The number of hydrogen-bond donors (Lipinski definition) is 2. The van der Waals surface area contributed by atoms with Gasteiger partial charge in [-0.3, -0.25) is 4.55 Å². The first-order chi connectivity index (χ1) is 10.9. The summed E-state index contributed by atoms with van der Waals surface area (Å²) in [7, 11) is -4.11. The molecule has 2 unspecified atom stereocenters. The van der Waals surface area contributed by atoms with Crippen molar-refractivity contribution in [1.29, 1.82) is 0 Å². The molecular formula is C18H30O4S. The van der Waals surface area contributed by atoms with Crippen LogP contribution < -0.4 is 0 Å². The van der Waals surface area contributed by atoms with Crippen molar-refractivity contribution in [2.45, 2.75) is 76.1 Å². The average Bonchev–Trinajstić information content (AvgIpc) is 2.49. The van der Waals surface area contributed by atoms with Gasteiger partial charge in [0.25, 0.3) is 10.1 Å². The Labute approximate surface area is 140 Å². The van der Waals surface area contributed by atoms with E-state index in [0.29, 0.717) is 12.8 Å². The van der Waals surface area contributed by atoms with E-state index in [4.69, 9.17) is 0 Å². The summed E-state index contributed by atoms with van der Waals surface area (Å²) in [6, 6.07) is 9.48. The minimum Gasteiger partial charge on any atom is -0.393 e. The highest BCUT2D eigenvalue weighted by Crippen LogP contribution is 2.19. The summed E-state index contributed by atoms with van der Waals surface area (Å²) in [5, 5.41) is 9.27. The molecule has 0 amide bonds. The fourth-order valence-corrected chi connectivity index (χ4v) is 3.74. The standard InChI is InChI=1S/C18H30O4S/c1-2-3-4-5-6-10-13-18(23(20,21)22)15-17(19)14-16-11-8-7-9-12-16/h7-9,11-12,17-19H,2-6,10,13-15H2,1H3,(H,20,21,22). The Hall–Kier alpha value is -0.910. The highest BCUT2D eigenvalue weighted by atomic mass is 32.2. The molecule has 0 aliphatic carbocycles. The number of benzene rings is 1. The summed E-state index contributed by atoms with van der Waals surface area (Å²) in [4.78, 5) is 0. The van der Waals surface area contributed by atoms with Crippen LogP contribution >= 0.6 is 0 Å². The molecule has 0 fully saturated rings. The van der Waals surface area contributed by atoms with E-state index in [-0.39, 0.29) is 6.42 Å². The van der Waals surface area contributed by atoms with Crippen molar-refractivity contribution in [2.75, 3.05) is 0 Å². The van der Waals surface area contributed by atoms with E-state index in [1.807, 2.05) is 30.3 Å². The van der Waals surface area contributed by atoms with Gasteiger partial charge in [0, 0.05) is 0 Å². The van der Waals surface area contributed by atoms with Crippen LogP contribution in [0.1, 0.15) is 63.9 Å². The average molecular weight is 343 g/mol. The Morgan fingerprint density at radius 2 is 1.61 bits per heavy atom. The number of unbranched alkanes of at least 4 members (excludes halogenated alkanes) is 5. The smallest absolute Gasteiger partial charge is 0.267 e. The predicted molar refractivity (Wildman–Crippen MR) is 94.1 cm³/mol. The SMILES string of the molecule is CCCCCCCCC(CC(O)Cc1ccccc1)S(=O)(=O)O. The minimum atomic E-state index is -4.11. The van der Waals surface area contributed by atoms with Crippen LogP contribution in [0, 0.1) is 0 Å². The van der Waals surface area contributed by atoms with Gasteiger partial charge < -0.3 is 5.11 Å². The molecule has 0 radical (unpaired) electrons. The monoisotopic (exact) mass is 342 g/mol. The molecule has 0 saturated carbocycles. The molecule has 1 aromatic carbocycles. The fourth-order valence-electron chi connectivity index (χ4n) is 2.81. The van der Waals surface area contributed by atoms with Gasteiger partial charge in [0.15, 0.2) is 0 Å². The molecule has 4 nitrogen and oxygen atoms in total. The summed E-state index contributed by atoms with van der Waals surface area (Å²) in [5.41, 5.74) is 0.966. The van der Waals surface area contributed by atoms with E-state index < -0.39 is 21.5 Å². The molecule has 1 rings (SSSR count). The lowest BCUT2D eigenvalue weighted by Gasteiger charge is -2.18. The summed E-state index contributed by atoms with van der Waals surface area (Å²) in [5.74, 6) is 0. The molecule has 23 heavy (non-hydrogen) atoms. The summed E-state index contributed by atoms with van der Waals surface area (Å²) >= 11 is 0. The molecule has 0 heterocycles. The van der Waals surface area contributed by atoms with Crippen LogP contribution in [-0.2, 0) is 16.5 Å². The maximum absolute atomic E-state index is 11.5. The van der Waals surface area contributed by atoms with Crippen molar-refractivity contribution < 1.29 is 18.1 Å². The van der Waals surface area contributed by atoms with E-state index in [0.717, 1.165) is 24.8 Å². The highest BCUT2D eigenvalue weighted by Gasteiger charge is 2.25. The molecule has 132 valence electrons.